The number of para-hydroxylation sites is 1. The smallest absolute Gasteiger partial charge is 0.311 e. The molecule has 0 spiro atoms. The number of anilines is 2. The lowest BCUT2D eigenvalue weighted by Gasteiger charge is -2.21. The summed E-state index contributed by atoms with van der Waals surface area (Å²) in [5.41, 5.74) is 4.55. The van der Waals surface area contributed by atoms with Gasteiger partial charge in [-0.25, -0.2) is 0 Å². The molecule has 2 aromatic carbocycles. The van der Waals surface area contributed by atoms with Gasteiger partial charge in [0.05, 0.1) is 5.92 Å². The van der Waals surface area contributed by atoms with Crippen LogP contribution in [0.2, 0.25) is 0 Å². The van der Waals surface area contributed by atoms with Gasteiger partial charge in [0.1, 0.15) is 0 Å². The van der Waals surface area contributed by atoms with E-state index in [2.05, 4.69) is 5.32 Å². The summed E-state index contributed by atoms with van der Waals surface area (Å²) in [6.45, 7) is 5.73. The van der Waals surface area contributed by atoms with Crippen LogP contribution in [0.1, 0.15) is 23.1 Å². The number of ether oxygens (including phenoxy) is 1. The van der Waals surface area contributed by atoms with E-state index in [4.69, 9.17) is 4.74 Å². The Bertz CT molecular complexity index is 885. The minimum absolute atomic E-state index is 0.0895. The molecule has 1 atom stereocenters. The molecule has 146 valence electrons. The van der Waals surface area contributed by atoms with Crippen LogP contribution in [0.15, 0.2) is 42.5 Å². The Kier molecular flexibility index (Phi) is 5.78. The Balaban J connectivity index is 1.56. The highest BCUT2D eigenvalue weighted by Gasteiger charge is 2.37. The first-order chi connectivity index (χ1) is 13.3. The first kappa shape index (κ1) is 19.6. The summed E-state index contributed by atoms with van der Waals surface area (Å²) in [5.74, 6) is -1.61. The molecule has 1 N–H and O–H groups in total. The van der Waals surface area contributed by atoms with Gasteiger partial charge in [0.25, 0.3) is 5.91 Å². The van der Waals surface area contributed by atoms with Crippen LogP contribution in [0.3, 0.4) is 0 Å². The number of carbonyl (C=O) groups excluding carboxylic acids is 3. The minimum Gasteiger partial charge on any atom is -0.455 e. The molecule has 1 aliphatic heterocycles. The summed E-state index contributed by atoms with van der Waals surface area (Å²) in [6, 6.07) is 13.2. The molecule has 1 saturated heterocycles. The first-order valence-corrected chi connectivity index (χ1v) is 9.25. The number of nitrogens with one attached hydrogen (secondary N) is 1. The molecule has 0 saturated carbocycles. The van der Waals surface area contributed by atoms with Gasteiger partial charge in [-0.3, -0.25) is 14.4 Å². The Hall–Kier alpha value is -3.15. The third-order valence-corrected chi connectivity index (χ3v) is 4.85. The molecule has 3 rings (SSSR count). The molecule has 0 bridgehead atoms. The maximum Gasteiger partial charge on any atom is 0.311 e. The first-order valence-electron chi connectivity index (χ1n) is 9.25. The van der Waals surface area contributed by atoms with Crippen molar-refractivity contribution >= 4 is 29.2 Å². The van der Waals surface area contributed by atoms with Crippen molar-refractivity contribution in [3.8, 4) is 0 Å². The Morgan fingerprint density at radius 3 is 2.36 bits per heavy atom. The van der Waals surface area contributed by atoms with Crippen molar-refractivity contribution in [2.24, 2.45) is 5.92 Å². The van der Waals surface area contributed by atoms with Gasteiger partial charge >= 0.3 is 5.97 Å². The second kappa shape index (κ2) is 8.25. The lowest BCUT2D eigenvalue weighted by Crippen LogP contribution is -2.29. The molecular formula is C22H24N2O4. The molecule has 1 fully saturated rings. The molecule has 0 aliphatic carbocycles. The van der Waals surface area contributed by atoms with Gasteiger partial charge in [0, 0.05) is 24.3 Å². The van der Waals surface area contributed by atoms with Crippen LogP contribution in [-0.2, 0) is 19.1 Å². The summed E-state index contributed by atoms with van der Waals surface area (Å²) in [6.07, 6.45) is 0.0895. The van der Waals surface area contributed by atoms with E-state index in [1.54, 1.807) is 17.0 Å². The Morgan fingerprint density at radius 2 is 1.71 bits per heavy atom. The number of esters is 1. The van der Waals surface area contributed by atoms with Crippen molar-refractivity contribution in [1.82, 2.24) is 0 Å². The molecule has 1 aliphatic rings. The minimum atomic E-state index is -0.571. The lowest BCUT2D eigenvalue weighted by atomic mass is 10.1. The average molecular weight is 380 g/mol. The van der Waals surface area contributed by atoms with Crippen molar-refractivity contribution in [2.75, 3.05) is 23.4 Å². The van der Waals surface area contributed by atoms with Crippen molar-refractivity contribution in [3.63, 3.8) is 0 Å². The second-order valence-corrected chi connectivity index (χ2v) is 7.17. The number of amides is 2. The molecule has 6 heteroatoms. The quantitative estimate of drug-likeness (QED) is 0.809. The fourth-order valence-corrected chi connectivity index (χ4v) is 3.40. The molecule has 1 heterocycles. The van der Waals surface area contributed by atoms with E-state index in [0.29, 0.717) is 5.69 Å². The molecule has 2 aromatic rings. The molecule has 6 nitrogen and oxygen atoms in total. The standard InChI is InChI=1S/C22H24N2O4/c1-14-7-9-18(10-8-14)23-19(25)13-28-22(27)17-11-20(26)24(12-17)21-15(2)5-4-6-16(21)3/h4-10,17H,11-13H2,1-3H3,(H,23,25)/t17-/m1/s1. The van der Waals surface area contributed by atoms with Crippen LogP contribution in [0.4, 0.5) is 11.4 Å². The summed E-state index contributed by atoms with van der Waals surface area (Å²) in [4.78, 5) is 38.4. The van der Waals surface area contributed by atoms with Gasteiger partial charge in [-0.15, -0.1) is 0 Å². The van der Waals surface area contributed by atoms with E-state index in [9.17, 15) is 14.4 Å². The fraction of sp³-hybridized carbons (Fsp3) is 0.318. The highest BCUT2D eigenvalue weighted by Crippen LogP contribution is 2.31. The third-order valence-electron chi connectivity index (χ3n) is 4.85. The van der Waals surface area contributed by atoms with Crippen LogP contribution < -0.4 is 10.2 Å². The largest absolute Gasteiger partial charge is 0.455 e. The van der Waals surface area contributed by atoms with E-state index in [1.165, 1.54) is 0 Å². The van der Waals surface area contributed by atoms with Gasteiger partial charge in [0.2, 0.25) is 5.91 Å². The molecule has 28 heavy (non-hydrogen) atoms. The van der Waals surface area contributed by atoms with Crippen LogP contribution >= 0.6 is 0 Å². The third kappa shape index (κ3) is 4.39. The zero-order valence-electron chi connectivity index (χ0n) is 16.3. The van der Waals surface area contributed by atoms with E-state index in [0.717, 1.165) is 22.4 Å². The van der Waals surface area contributed by atoms with E-state index >= 15 is 0 Å². The number of carbonyl (C=O) groups is 3. The van der Waals surface area contributed by atoms with Crippen LogP contribution in [0.25, 0.3) is 0 Å². The lowest BCUT2D eigenvalue weighted by molar-refractivity contribution is -0.151. The molecular weight excluding hydrogens is 356 g/mol. The zero-order chi connectivity index (χ0) is 20.3. The van der Waals surface area contributed by atoms with E-state index in [-0.39, 0.29) is 25.5 Å². The fourth-order valence-electron chi connectivity index (χ4n) is 3.40. The van der Waals surface area contributed by atoms with Gasteiger partial charge in [-0.1, -0.05) is 35.9 Å². The van der Waals surface area contributed by atoms with Gasteiger partial charge in [0.15, 0.2) is 6.61 Å². The SMILES string of the molecule is Cc1ccc(NC(=O)COC(=O)[C@@H]2CC(=O)N(c3c(C)cccc3C)C2)cc1. The number of hydrogen-bond acceptors (Lipinski definition) is 4. The monoisotopic (exact) mass is 380 g/mol. The summed E-state index contributed by atoms with van der Waals surface area (Å²) >= 11 is 0. The van der Waals surface area contributed by atoms with Gasteiger partial charge in [-0.2, -0.15) is 0 Å². The molecule has 0 unspecified atom stereocenters. The highest BCUT2D eigenvalue weighted by atomic mass is 16.5. The molecule has 0 aromatic heterocycles. The number of aryl methyl sites for hydroxylation is 3. The van der Waals surface area contributed by atoms with Gasteiger partial charge in [-0.05, 0) is 44.0 Å². The number of hydrogen-bond donors (Lipinski definition) is 1. The summed E-state index contributed by atoms with van der Waals surface area (Å²) in [5, 5.41) is 2.68. The molecule has 0 radical (unpaired) electrons. The number of rotatable bonds is 5. The summed E-state index contributed by atoms with van der Waals surface area (Å²) < 4.78 is 5.15. The number of benzene rings is 2. The number of nitrogens with zero attached hydrogens (tertiary/aromatic N) is 1. The topological polar surface area (TPSA) is 75.7 Å². The highest BCUT2D eigenvalue weighted by molar-refractivity contribution is 6.01. The predicted octanol–water partition coefficient (Wildman–Crippen LogP) is 3.15. The normalized spacial score (nSPS) is 16.2. The van der Waals surface area contributed by atoms with E-state index in [1.807, 2.05) is 51.1 Å². The maximum absolute atomic E-state index is 12.4. The maximum atomic E-state index is 12.4. The van der Waals surface area contributed by atoms with Gasteiger partial charge < -0.3 is 15.0 Å². The average Bonchev–Trinajstić information content (AvgIpc) is 3.03. The molecule has 2 amide bonds. The van der Waals surface area contributed by atoms with E-state index < -0.39 is 17.8 Å². The zero-order valence-corrected chi connectivity index (χ0v) is 16.3. The predicted molar refractivity (Wildman–Crippen MR) is 107 cm³/mol. The van der Waals surface area contributed by atoms with Crippen molar-refractivity contribution < 1.29 is 19.1 Å². The Labute approximate surface area is 164 Å². The summed E-state index contributed by atoms with van der Waals surface area (Å²) in [7, 11) is 0. The van der Waals surface area contributed by atoms with Crippen LogP contribution in [0.5, 0.6) is 0 Å². The van der Waals surface area contributed by atoms with Crippen LogP contribution in [-0.4, -0.2) is 30.9 Å². The van der Waals surface area contributed by atoms with Crippen molar-refractivity contribution in [2.45, 2.75) is 27.2 Å². The second-order valence-electron chi connectivity index (χ2n) is 7.17. The van der Waals surface area contributed by atoms with Crippen LogP contribution in [0, 0.1) is 26.7 Å². The van der Waals surface area contributed by atoms with Crippen molar-refractivity contribution in [3.05, 3.63) is 59.2 Å². The van der Waals surface area contributed by atoms with Crippen molar-refractivity contribution in [1.29, 1.82) is 0 Å². The Morgan fingerprint density at radius 1 is 1.07 bits per heavy atom.